The van der Waals surface area contributed by atoms with E-state index >= 15 is 0 Å². The Bertz CT molecular complexity index is 889. The normalized spacial score (nSPS) is 13.3. The number of alkyl halides is 6. The van der Waals surface area contributed by atoms with Crippen molar-refractivity contribution in [3.63, 3.8) is 0 Å². The molecule has 1 aromatic rings. The fraction of sp³-hybridized carbons (Fsp3) is 0.533. The van der Waals surface area contributed by atoms with Crippen molar-refractivity contribution in [3.05, 3.63) is 33.9 Å². The van der Waals surface area contributed by atoms with E-state index in [1.807, 2.05) is 0 Å². The lowest BCUT2D eigenvalue weighted by atomic mass is 9.75. The molecule has 0 bridgehead atoms. The highest BCUT2D eigenvalue weighted by Crippen LogP contribution is 2.47. The molecule has 31 heavy (non-hydrogen) atoms. The van der Waals surface area contributed by atoms with Gasteiger partial charge in [-0.05, 0) is 11.1 Å². The summed E-state index contributed by atoms with van der Waals surface area (Å²) < 4.78 is 116. The summed E-state index contributed by atoms with van der Waals surface area (Å²) in [4.78, 5) is 12.8. The van der Waals surface area contributed by atoms with Crippen LogP contribution in [0.3, 0.4) is 0 Å². The molecule has 0 aliphatic carbocycles. The van der Waals surface area contributed by atoms with Crippen molar-refractivity contribution in [1.29, 1.82) is 0 Å². The van der Waals surface area contributed by atoms with Gasteiger partial charge in [0.15, 0.2) is 0 Å². The number of esters is 1. The Hall–Kier alpha value is -1.56. The van der Waals surface area contributed by atoms with Gasteiger partial charge in [0.25, 0.3) is 10.1 Å². The van der Waals surface area contributed by atoms with Gasteiger partial charge in [0.05, 0.1) is 5.56 Å². The minimum Gasteiger partial charge on any atom is -0.435 e. The SMILES string of the molecule is BCc1cc(CB)c(CB)c(C(=O)OC(CS(=O)(=O)O)(C(F)(F)F)C(F)(F)F)c1CB. The summed E-state index contributed by atoms with van der Waals surface area (Å²) in [6.07, 6.45) is -11.8. The summed E-state index contributed by atoms with van der Waals surface area (Å²) >= 11 is 0. The first-order chi connectivity index (χ1) is 14.0. The summed E-state index contributed by atoms with van der Waals surface area (Å²) in [6, 6.07) is 1.74. The second kappa shape index (κ2) is 9.51. The van der Waals surface area contributed by atoms with Crippen LogP contribution in [0.2, 0.25) is 0 Å². The van der Waals surface area contributed by atoms with E-state index in [-0.39, 0.29) is 23.8 Å². The number of ether oxygens (including phenoxy) is 1. The van der Waals surface area contributed by atoms with Gasteiger partial charge in [0.2, 0.25) is 0 Å². The second-order valence-corrected chi connectivity index (χ2v) is 8.33. The van der Waals surface area contributed by atoms with Gasteiger partial charge >= 0.3 is 23.9 Å². The van der Waals surface area contributed by atoms with E-state index in [2.05, 4.69) is 4.74 Å². The Balaban J connectivity index is 3.88. The lowest BCUT2D eigenvalue weighted by Crippen LogP contribution is -2.63. The van der Waals surface area contributed by atoms with Crippen LogP contribution in [0.4, 0.5) is 26.3 Å². The number of hydrogen-bond donors (Lipinski definition) is 1. The zero-order chi connectivity index (χ0) is 24.4. The first-order valence-corrected chi connectivity index (χ1v) is 11.1. The zero-order valence-corrected chi connectivity index (χ0v) is 18.2. The number of carbonyl (C=O) groups excluding carboxylic acids is 1. The van der Waals surface area contributed by atoms with E-state index in [1.165, 1.54) is 0 Å². The molecule has 0 fully saturated rings. The summed E-state index contributed by atoms with van der Waals surface area (Å²) in [6.45, 7) is 0. The molecule has 0 aliphatic heterocycles. The predicted molar refractivity (Wildman–Crippen MR) is 112 cm³/mol. The largest absolute Gasteiger partial charge is 0.438 e. The average Bonchev–Trinajstić information content (AvgIpc) is 2.62. The van der Waals surface area contributed by atoms with E-state index in [4.69, 9.17) is 4.55 Å². The van der Waals surface area contributed by atoms with Crippen molar-refractivity contribution < 1.29 is 48.8 Å². The van der Waals surface area contributed by atoms with Crippen molar-refractivity contribution in [3.8, 4) is 0 Å². The molecule has 170 valence electrons. The Morgan fingerprint density at radius 2 is 1.26 bits per heavy atom. The molecule has 0 radical (unpaired) electrons. The van der Waals surface area contributed by atoms with E-state index in [9.17, 15) is 39.6 Å². The van der Waals surface area contributed by atoms with Gasteiger partial charge in [-0.15, -0.1) is 0 Å². The second-order valence-electron chi connectivity index (χ2n) is 6.88. The minimum atomic E-state index is -6.37. The Kier molecular flexibility index (Phi) is 8.43. The van der Waals surface area contributed by atoms with Gasteiger partial charge in [-0.2, -0.15) is 34.8 Å². The number of carbonyl (C=O) groups is 1. The van der Waals surface area contributed by atoms with Crippen LogP contribution in [0.15, 0.2) is 6.07 Å². The molecule has 0 atom stereocenters. The lowest BCUT2D eigenvalue weighted by molar-refractivity contribution is -0.356. The predicted octanol–water partition coefficient (Wildman–Crippen LogP) is -0.873. The lowest BCUT2D eigenvalue weighted by Gasteiger charge is -2.36. The molecule has 0 aliphatic rings. The van der Waals surface area contributed by atoms with Crippen molar-refractivity contribution in [2.75, 3.05) is 5.75 Å². The topological polar surface area (TPSA) is 80.7 Å². The van der Waals surface area contributed by atoms with E-state index in [0.717, 1.165) is 0 Å². The van der Waals surface area contributed by atoms with Crippen LogP contribution in [-0.2, 0) is 40.1 Å². The molecule has 1 aromatic carbocycles. The molecule has 0 saturated carbocycles. The highest BCUT2D eigenvalue weighted by atomic mass is 32.2. The molecule has 0 amide bonds. The highest BCUT2D eigenvalue weighted by molar-refractivity contribution is 7.85. The molecular weight excluding hydrogens is 449 g/mol. The third kappa shape index (κ3) is 5.63. The van der Waals surface area contributed by atoms with Crippen LogP contribution in [-0.4, -0.2) is 74.0 Å². The molecule has 5 nitrogen and oxygen atoms in total. The van der Waals surface area contributed by atoms with Crippen LogP contribution in [0, 0.1) is 0 Å². The fourth-order valence-electron chi connectivity index (χ4n) is 3.51. The number of benzene rings is 1. The van der Waals surface area contributed by atoms with Crippen molar-refractivity contribution in [2.45, 2.75) is 43.2 Å². The molecule has 0 spiro atoms. The van der Waals surface area contributed by atoms with E-state index < -0.39 is 45.4 Å². The molecule has 0 heterocycles. The van der Waals surface area contributed by atoms with Crippen LogP contribution >= 0.6 is 0 Å². The molecule has 16 heteroatoms. The van der Waals surface area contributed by atoms with E-state index in [1.54, 1.807) is 37.5 Å². The fourth-order valence-corrected chi connectivity index (χ4v) is 4.41. The van der Waals surface area contributed by atoms with Gasteiger partial charge in [-0.25, -0.2) is 4.79 Å². The van der Waals surface area contributed by atoms with Gasteiger partial charge in [0.1, 0.15) is 37.1 Å². The highest BCUT2D eigenvalue weighted by Gasteiger charge is 2.76. The van der Waals surface area contributed by atoms with Gasteiger partial charge < -0.3 is 4.74 Å². The Morgan fingerprint density at radius 3 is 1.52 bits per heavy atom. The monoisotopic (exact) mass is 470 g/mol. The van der Waals surface area contributed by atoms with Crippen LogP contribution in [0.25, 0.3) is 0 Å². The van der Waals surface area contributed by atoms with Crippen molar-refractivity contribution in [1.82, 2.24) is 0 Å². The van der Waals surface area contributed by atoms with Crippen LogP contribution in [0.1, 0.15) is 32.6 Å². The molecule has 0 aromatic heterocycles. The van der Waals surface area contributed by atoms with Gasteiger partial charge in [-0.3, -0.25) is 4.55 Å². The average molecular weight is 470 g/mol. The van der Waals surface area contributed by atoms with Crippen LogP contribution < -0.4 is 0 Å². The first kappa shape index (κ1) is 27.5. The van der Waals surface area contributed by atoms with Crippen LogP contribution in [0.5, 0.6) is 0 Å². The van der Waals surface area contributed by atoms with Crippen molar-refractivity contribution >= 4 is 47.5 Å². The zero-order valence-electron chi connectivity index (χ0n) is 17.4. The Morgan fingerprint density at radius 1 is 0.871 bits per heavy atom. The third-order valence-corrected chi connectivity index (χ3v) is 5.74. The number of halogens is 6. The first-order valence-electron chi connectivity index (χ1n) is 9.47. The molecular formula is C15H20B4F6O5S. The quantitative estimate of drug-likeness (QED) is 0.232. The summed E-state index contributed by atoms with van der Waals surface area (Å²) in [5, 5.41) is 0. The van der Waals surface area contributed by atoms with Gasteiger partial charge in [0, 0.05) is 0 Å². The minimum absolute atomic E-state index is 0.119. The molecule has 1 rings (SSSR count). The smallest absolute Gasteiger partial charge is 0.435 e. The van der Waals surface area contributed by atoms with Gasteiger partial charge in [-0.1, -0.05) is 42.5 Å². The maximum Gasteiger partial charge on any atom is 0.438 e. The number of hydrogen-bond acceptors (Lipinski definition) is 4. The summed E-state index contributed by atoms with van der Waals surface area (Å²) in [5.41, 5.74) is -4.30. The van der Waals surface area contributed by atoms with E-state index in [0.29, 0.717) is 23.8 Å². The van der Waals surface area contributed by atoms with Crippen molar-refractivity contribution in [2.24, 2.45) is 0 Å². The number of rotatable bonds is 8. The molecule has 0 unspecified atom stereocenters. The molecule has 0 saturated heterocycles. The third-order valence-electron chi connectivity index (χ3n) is 4.97. The maximum atomic E-state index is 13.6. The summed E-state index contributed by atoms with van der Waals surface area (Å²) in [5.74, 6) is -4.85. The maximum absolute atomic E-state index is 13.6. The molecule has 1 N–H and O–H groups in total. The standard InChI is InChI=1S/C15H20B4F6O5S/c16-2-7-1-8(3-17)10(5-19)11(9(7)4-18)12(26)30-13(14(20,21)22,15(23,24)25)6-31(27,28)29/h1H,2-6,16-19H2,(H,27,28,29). The summed E-state index contributed by atoms with van der Waals surface area (Å²) in [7, 11) is 0.729. The Labute approximate surface area is 179 Å².